The molecule has 2 rings (SSSR count). The number of thioether (sulfide) groups is 4. The fraction of sp³-hybridized carbons (Fsp3) is 0.792. The lowest BCUT2D eigenvalue weighted by Gasteiger charge is -2.16. The Morgan fingerprint density at radius 2 is 0.614 bits per heavy atom. The summed E-state index contributed by atoms with van der Waals surface area (Å²) >= 11 is 3.54. The van der Waals surface area contributed by atoms with E-state index in [0.717, 1.165) is 98.4 Å². The molecule has 0 aromatic rings. The van der Waals surface area contributed by atoms with Crippen molar-refractivity contribution in [3.63, 3.8) is 0 Å². The summed E-state index contributed by atoms with van der Waals surface area (Å²) in [7, 11) is 0. The van der Waals surface area contributed by atoms with Crippen LogP contribution in [-0.2, 0) is 114 Å². The maximum absolute atomic E-state index is 13.2. The van der Waals surface area contributed by atoms with Gasteiger partial charge in [0.15, 0.2) is 0 Å². The molecule has 2 N–H and O–H groups in total. The molecular weight excluding hydrogens is 1180 g/mol. The lowest BCUT2D eigenvalue weighted by Crippen LogP contribution is -2.27. The van der Waals surface area contributed by atoms with Gasteiger partial charge < -0.3 is 71.8 Å². The quantitative estimate of drug-likeness (QED) is 0.140. The summed E-state index contributed by atoms with van der Waals surface area (Å²) in [5, 5.41) is 14.0. The first-order valence-corrected chi connectivity index (χ1v) is 32.0. The predicted molar refractivity (Wildman–Crippen MR) is 301 cm³/mol. The summed E-state index contributed by atoms with van der Waals surface area (Å²) in [6.45, 7) is 0.228. The van der Waals surface area contributed by atoms with Crippen molar-refractivity contribution in [1.29, 1.82) is 0 Å². The monoisotopic (exact) mass is 1260 g/mol. The summed E-state index contributed by atoms with van der Waals surface area (Å²) in [6, 6.07) is 0. The number of carbonyl (C=O) groups is 11. The number of rotatable bonds is 14. The predicted octanol–water partition coefficient (Wildman–Crippen LogP) is 4.18. The van der Waals surface area contributed by atoms with E-state index >= 15 is 0 Å². The number of hydrogen-bond donors (Lipinski definition) is 2. The second-order valence-electron chi connectivity index (χ2n) is 18.2. The van der Waals surface area contributed by atoms with Crippen LogP contribution in [0.15, 0.2) is 0 Å². The molecule has 2 heterocycles. The van der Waals surface area contributed by atoms with Crippen molar-refractivity contribution in [3.8, 4) is 0 Å². The molecule has 0 saturated carbocycles. The molecule has 83 heavy (non-hydrogen) atoms. The van der Waals surface area contributed by atoms with Crippen LogP contribution in [0.1, 0.15) is 109 Å². The molecule has 0 aromatic heterocycles. The maximum Gasteiger partial charge on any atom is 0.319 e. The van der Waals surface area contributed by atoms with Crippen molar-refractivity contribution in [3.05, 3.63) is 0 Å². The van der Waals surface area contributed by atoms with Gasteiger partial charge in [0, 0.05) is 0 Å². The first-order valence-electron chi connectivity index (χ1n) is 27.8. The molecule has 26 nitrogen and oxygen atoms in total. The van der Waals surface area contributed by atoms with Crippen LogP contribution < -0.4 is 0 Å². The summed E-state index contributed by atoms with van der Waals surface area (Å²) in [4.78, 5) is 137. The summed E-state index contributed by atoms with van der Waals surface area (Å²) in [5.41, 5.74) is 0. The van der Waals surface area contributed by atoms with Crippen LogP contribution in [0.5, 0.6) is 0 Å². The fourth-order valence-corrected chi connectivity index (χ4v) is 10.6. The Balaban J connectivity index is 1.88. The van der Waals surface area contributed by atoms with Gasteiger partial charge in [-0.2, -0.15) is 0 Å². The second kappa shape index (κ2) is 49.6. The van der Waals surface area contributed by atoms with Crippen LogP contribution in [0.4, 0.5) is 0 Å². The van der Waals surface area contributed by atoms with Gasteiger partial charge in [-0.1, -0.05) is 51.4 Å². The van der Waals surface area contributed by atoms with Crippen molar-refractivity contribution < 1.29 is 125 Å². The van der Waals surface area contributed by atoms with E-state index in [-0.39, 0.29) is 156 Å². The van der Waals surface area contributed by atoms with Gasteiger partial charge >= 0.3 is 65.7 Å². The van der Waals surface area contributed by atoms with Gasteiger partial charge in [-0.15, -0.1) is 47.0 Å². The Morgan fingerprint density at radius 1 is 0.349 bits per heavy atom. The zero-order valence-electron chi connectivity index (χ0n) is 47.0. The van der Waals surface area contributed by atoms with Gasteiger partial charge in [0.05, 0.1) is 129 Å². The molecule has 30 heteroatoms. The van der Waals surface area contributed by atoms with Gasteiger partial charge in [0.1, 0.15) is 47.4 Å². The van der Waals surface area contributed by atoms with Gasteiger partial charge in [-0.05, 0) is 37.9 Å². The molecule has 2 saturated heterocycles. The van der Waals surface area contributed by atoms with Crippen LogP contribution in [0.3, 0.4) is 0 Å². The topological polar surface area (TPSA) is 348 Å². The molecule has 4 atom stereocenters. The molecule has 0 aromatic carbocycles. The molecule has 474 valence electrons. The molecule has 0 spiro atoms. The minimum Gasteiger partial charge on any atom is -0.481 e. The summed E-state index contributed by atoms with van der Waals surface area (Å²) < 4.78 is 69.6. The number of aliphatic carboxylic acids is 2. The fourth-order valence-electron chi connectivity index (χ4n) is 7.09. The third-order valence-electron chi connectivity index (χ3n) is 11.3. The Labute approximate surface area is 500 Å². The highest BCUT2D eigenvalue weighted by atomic mass is 32.2. The smallest absolute Gasteiger partial charge is 0.319 e. The highest BCUT2D eigenvalue weighted by Crippen LogP contribution is 2.23. The van der Waals surface area contributed by atoms with E-state index in [4.69, 9.17) is 71.8 Å². The Kier molecular flexibility index (Phi) is 44.6. The summed E-state index contributed by atoms with van der Waals surface area (Å²) in [5.74, 6) is -9.33. The second-order valence-corrected chi connectivity index (χ2v) is 23.1. The molecular formula is C53H82O26S4. The average molecular weight is 1260 g/mol. The molecule has 0 amide bonds. The van der Waals surface area contributed by atoms with Crippen molar-refractivity contribution >= 4 is 113 Å². The minimum absolute atomic E-state index is 0.00569. The number of carbonyl (C=O) groups excluding carboxylic acids is 9. The van der Waals surface area contributed by atoms with Crippen molar-refractivity contribution in [2.45, 2.75) is 130 Å². The van der Waals surface area contributed by atoms with E-state index in [1.165, 1.54) is 0 Å². The van der Waals surface area contributed by atoms with Crippen molar-refractivity contribution in [2.75, 3.05) is 135 Å². The van der Waals surface area contributed by atoms with E-state index in [0.29, 0.717) is 25.7 Å². The zero-order chi connectivity index (χ0) is 60.6. The molecule has 0 radical (unpaired) electrons. The largest absolute Gasteiger partial charge is 0.481 e. The molecule has 2 aliphatic heterocycles. The van der Waals surface area contributed by atoms with Crippen LogP contribution in [0, 0.1) is 0 Å². The number of hydrogen-bond acceptors (Lipinski definition) is 28. The van der Waals surface area contributed by atoms with Crippen LogP contribution in [0.25, 0.3) is 0 Å². The van der Waals surface area contributed by atoms with Gasteiger partial charge in [0.2, 0.25) is 0 Å². The first-order chi connectivity index (χ1) is 40.1. The number of cyclic esters (lactones) is 8. The molecule has 4 unspecified atom stereocenters. The van der Waals surface area contributed by atoms with Crippen molar-refractivity contribution in [1.82, 2.24) is 0 Å². The standard InChI is InChI=1S/C53H82O26S4/c54-43(55)36-81-40-34-48(61)75-29-25-69-21-22-70-26-30-79-53(66)42(35-45(58)71-14-9-5-1-2-6-11-16-77-51(40)64)83-38-49(62)72-18-13-31-80-39-32-46(59)73-27-23-67-19-20-68-24-28-74-47(60)33-41(82-37-44(56)57)52(65)78-17-12-8-4-3-7-10-15-76-50(39)63/h39-42H,1-38H2,(H,54,55)(H,56,57). The Morgan fingerprint density at radius 3 is 0.964 bits per heavy atom. The van der Waals surface area contributed by atoms with Crippen molar-refractivity contribution in [2.24, 2.45) is 0 Å². The van der Waals surface area contributed by atoms with Gasteiger partial charge in [-0.3, -0.25) is 52.7 Å². The van der Waals surface area contributed by atoms with Crippen LogP contribution in [0.2, 0.25) is 0 Å². The van der Waals surface area contributed by atoms with E-state index in [2.05, 4.69) is 0 Å². The van der Waals surface area contributed by atoms with Gasteiger partial charge in [0.25, 0.3) is 0 Å². The van der Waals surface area contributed by atoms with Crippen LogP contribution >= 0.6 is 47.0 Å². The lowest BCUT2D eigenvalue weighted by atomic mass is 10.1. The first kappa shape index (κ1) is 74.5. The van der Waals surface area contributed by atoms with E-state index in [1.54, 1.807) is 0 Å². The Hall–Kier alpha value is -4.59. The molecule has 2 fully saturated rings. The van der Waals surface area contributed by atoms with Gasteiger partial charge in [-0.25, -0.2) is 0 Å². The number of carboxylic acids is 2. The molecule has 2 aliphatic rings. The number of esters is 9. The number of carboxylic acid groups (broad SMARTS) is 2. The highest BCUT2D eigenvalue weighted by Gasteiger charge is 2.30. The zero-order valence-corrected chi connectivity index (χ0v) is 50.3. The summed E-state index contributed by atoms with van der Waals surface area (Å²) in [6.07, 6.45) is 7.14. The molecule has 0 bridgehead atoms. The number of ether oxygens (including phenoxy) is 13. The lowest BCUT2D eigenvalue weighted by molar-refractivity contribution is -0.151. The normalized spacial score (nSPS) is 23.1. The molecule has 0 aliphatic carbocycles. The van der Waals surface area contributed by atoms with E-state index < -0.39 is 98.2 Å². The van der Waals surface area contributed by atoms with E-state index in [1.807, 2.05) is 0 Å². The van der Waals surface area contributed by atoms with E-state index in [9.17, 15) is 52.7 Å². The third-order valence-corrected chi connectivity index (χ3v) is 16.1. The average Bonchev–Trinajstić information content (AvgIpc) is 3.49. The highest BCUT2D eigenvalue weighted by molar-refractivity contribution is 8.01. The third kappa shape index (κ3) is 42.0. The van der Waals surface area contributed by atoms with Crippen LogP contribution in [-0.4, -0.2) is 232 Å². The maximum atomic E-state index is 13.2. The Bertz CT molecular complexity index is 1930. The SMILES string of the molecule is O=C(O)CSC1CC(=O)OCCOCCOCCOC(=O)CC(SCCCOC(=O)CSC2CC(=O)OCCCCCCCCOC(=O)C(SCC(=O)O)CC(=O)OCCOCCOCCOC2=O)C(=O)OCCCCCCCCOC1=O. The minimum atomic E-state index is -1.14.